The number of halogens is 1. The molecule has 1 atom stereocenters. The molecular formula is C15H14ClNO. The van der Waals surface area contributed by atoms with Crippen LogP contribution in [-0.2, 0) is 0 Å². The topological polar surface area (TPSA) is 21.3 Å². The van der Waals surface area contributed by atoms with E-state index < -0.39 is 0 Å². The molecule has 3 heteroatoms. The molecule has 0 saturated carbocycles. The maximum absolute atomic E-state index is 5.99. The Kier molecular flexibility index (Phi) is 2.88. The minimum absolute atomic E-state index is 0.0549. The third-order valence-electron chi connectivity index (χ3n) is 3.14. The number of rotatable bonds is 1. The Labute approximate surface area is 112 Å². The lowest BCUT2D eigenvalue weighted by Crippen LogP contribution is -2.23. The van der Waals surface area contributed by atoms with Gasteiger partial charge in [-0.3, -0.25) is 0 Å². The summed E-state index contributed by atoms with van der Waals surface area (Å²) in [6.45, 7) is 2.84. The zero-order valence-corrected chi connectivity index (χ0v) is 10.9. The van der Waals surface area contributed by atoms with Crippen LogP contribution in [0.2, 0.25) is 5.02 Å². The molecule has 1 N–H and O–H groups in total. The molecule has 0 aromatic heterocycles. The zero-order valence-electron chi connectivity index (χ0n) is 10.1. The van der Waals surface area contributed by atoms with Crippen LogP contribution in [0.25, 0.3) is 0 Å². The van der Waals surface area contributed by atoms with Crippen LogP contribution in [0.15, 0.2) is 42.5 Å². The van der Waals surface area contributed by atoms with Crippen LogP contribution in [0.1, 0.15) is 17.2 Å². The van der Waals surface area contributed by atoms with Gasteiger partial charge >= 0.3 is 0 Å². The van der Waals surface area contributed by atoms with Crippen LogP contribution >= 0.6 is 11.6 Å². The van der Waals surface area contributed by atoms with Gasteiger partial charge in [0.1, 0.15) is 11.9 Å². The van der Waals surface area contributed by atoms with Crippen LogP contribution in [0.5, 0.6) is 5.75 Å². The number of hydrogen-bond acceptors (Lipinski definition) is 2. The maximum atomic E-state index is 5.99. The molecule has 0 aliphatic carbocycles. The molecule has 0 spiro atoms. The molecule has 0 radical (unpaired) electrons. The van der Waals surface area contributed by atoms with Crippen molar-refractivity contribution in [2.45, 2.75) is 13.0 Å². The Morgan fingerprint density at radius 1 is 1.17 bits per heavy atom. The van der Waals surface area contributed by atoms with Crippen molar-refractivity contribution in [3.63, 3.8) is 0 Å². The molecule has 3 rings (SSSR count). The maximum Gasteiger partial charge on any atom is 0.143 e. The number of hydrogen-bond donors (Lipinski definition) is 1. The standard InChI is InChI=1S/C15H14ClNO/c1-10-2-4-11(5-3-10)15-9-17-13-8-12(16)6-7-14(13)18-15/h2-8,15,17H,9H2,1H3. The average Bonchev–Trinajstić information content (AvgIpc) is 2.39. The summed E-state index contributed by atoms with van der Waals surface area (Å²) in [4.78, 5) is 0. The number of ether oxygens (including phenoxy) is 1. The van der Waals surface area contributed by atoms with Crippen molar-refractivity contribution in [1.82, 2.24) is 0 Å². The van der Waals surface area contributed by atoms with E-state index in [1.807, 2.05) is 18.2 Å². The van der Waals surface area contributed by atoms with Gasteiger partial charge in [-0.05, 0) is 30.7 Å². The van der Waals surface area contributed by atoms with Gasteiger partial charge in [0.15, 0.2) is 0 Å². The van der Waals surface area contributed by atoms with Gasteiger partial charge < -0.3 is 10.1 Å². The SMILES string of the molecule is Cc1ccc(C2CNc3cc(Cl)ccc3O2)cc1. The normalized spacial score (nSPS) is 17.6. The molecule has 0 saturated heterocycles. The second-order valence-corrected chi connectivity index (χ2v) is 4.97. The Bertz CT molecular complexity index is 565. The molecule has 2 aromatic carbocycles. The molecule has 1 unspecified atom stereocenters. The van der Waals surface area contributed by atoms with Crippen molar-refractivity contribution in [1.29, 1.82) is 0 Å². The fourth-order valence-electron chi connectivity index (χ4n) is 2.11. The van der Waals surface area contributed by atoms with Crippen molar-refractivity contribution in [3.8, 4) is 5.75 Å². The highest BCUT2D eigenvalue weighted by molar-refractivity contribution is 6.30. The number of anilines is 1. The minimum Gasteiger partial charge on any atom is -0.482 e. The summed E-state index contributed by atoms with van der Waals surface area (Å²) in [5.74, 6) is 0.858. The summed E-state index contributed by atoms with van der Waals surface area (Å²) in [7, 11) is 0. The minimum atomic E-state index is 0.0549. The van der Waals surface area contributed by atoms with Gasteiger partial charge in [-0.1, -0.05) is 41.4 Å². The third-order valence-corrected chi connectivity index (χ3v) is 3.37. The zero-order chi connectivity index (χ0) is 12.5. The van der Waals surface area contributed by atoms with E-state index in [0.717, 1.165) is 23.0 Å². The summed E-state index contributed by atoms with van der Waals surface area (Å²) in [5, 5.41) is 4.08. The van der Waals surface area contributed by atoms with E-state index in [2.05, 4.69) is 36.5 Å². The smallest absolute Gasteiger partial charge is 0.143 e. The Morgan fingerprint density at radius 3 is 2.72 bits per heavy atom. The van der Waals surface area contributed by atoms with E-state index in [0.29, 0.717) is 0 Å². The first-order valence-corrected chi connectivity index (χ1v) is 6.37. The van der Waals surface area contributed by atoms with Crippen LogP contribution in [0.3, 0.4) is 0 Å². The first kappa shape index (κ1) is 11.4. The van der Waals surface area contributed by atoms with E-state index in [9.17, 15) is 0 Å². The summed E-state index contributed by atoms with van der Waals surface area (Å²) >= 11 is 5.95. The highest BCUT2D eigenvalue weighted by atomic mass is 35.5. The molecule has 1 heterocycles. The van der Waals surface area contributed by atoms with Crippen molar-refractivity contribution in [2.24, 2.45) is 0 Å². The fourth-order valence-corrected chi connectivity index (χ4v) is 2.28. The molecule has 2 aromatic rings. The van der Waals surface area contributed by atoms with E-state index in [1.54, 1.807) is 0 Å². The Balaban J connectivity index is 1.86. The van der Waals surface area contributed by atoms with E-state index >= 15 is 0 Å². The van der Waals surface area contributed by atoms with Crippen molar-refractivity contribution in [2.75, 3.05) is 11.9 Å². The van der Waals surface area contributed by atoms with E-state index in [4.69, 9.17) is 16.3 Å². The second-order valence-electron chi connectivity index (χ2n) is 4.54. The lowest BCUT2D eigenvalue weighted by atomic mass is 10.1. The number of aryl methyl sites for hydroxylation is 1. The summed E-state index contributed by atoms with van der Waals surface area (Å²) in [5.41, 5.74) is 3.41. The largest absolute Gasteiger partial charge is 0.482 e. The van der Waals surface area contributed by atoms with Gasteiger partial charge in [0.05, 0.1) is 12.2 Å². The monoisotopic (exact) mass is 259 g/mol. The van der Waals surface area contributed by atoms with Crippen LogP contribution < -0.4 is 10.1 Å². The predicted octanol–water partition coefficient (Wildman–Crippen LogP) is 4.19. The van der Waals surface area contributed by atoms with Gasteiger partial charge in [0, 0.05) is 5.02 Å². The van der Waals surface area contributed by atoms with E-state index in [-0.39, 0.29) is 6.10 Å². The third kappa shape index (κ3) is 2.16. The van der Waals surface area contributed by atoms with Gasteiger partial charge in [-0.2, -0.15) is 0 Å². The number of fused-ring (bicyclic) bond motifs is 1. The number of benzene rings is 2. The predicted molar refractivity (Wildman–Crippen MR) is 74.5 cm³/mol. The van der Waals surface area contributed by atoms with Gasteiger partial charge in [0.2, 0.25) is 0 Å². The quantitative estimate of drug-likeness (QED) is 0.829. The molecule has 0 amide bonds. The first-order valence-electron chi connectivity index (χ1n) is 5.99. The summed E-state index contributed by atoms with van der Waals surface area (Å²) in [6, 6.07) is 14.1. The lowest BCUT2D eigenvalue weighted by molar-refractivity contribution is 0.210. The highest BCUT2D eigenvalue weighted by Crippen LogP contribution is 2.35. The molecule has 0 fully saturated rings. The van der Waals surface area contributed by atoms with Gasteiger partial charge in [-0.15, -0.1) is 0 Å². The van der Waals surface area contributed by atoms with Crippen LogP contribution in [0.4, 0.5) is 5.69 Å². The second kappa shape index (κ2) is 4.54. The molecular weight excluding hydrogens is 246 g/mol. The number of nitrogens with one attached hydrogen (secondary N) is 1. The Hall–Kier alpha value is -1.67. The van der Waals surface area contributed by atoms with Crippen molar-refractivity contribution in [3.05, 3.63) is 58.6 Å². The lowest BCUT2D eigenvalue weighted by Gasteiger charge is -2.27. The molecule has 2 nitrogen and oxygen atoms in total. The molecule has 92 valence electrons. The molecule has 0 bridgehead atoms. The van der Waals surface area contributed by atoms with E-state index in [1.165, 1.54) is 11.1 Å². The summed E-state index contributed by atoms with van der Waals surface area (Å²) < 4.78 is 5.99. The van der Waals surface area contributed by atoms with Gasteiger partial charge in [0.25, 0.3) is 0 Å². The van der Waals surface area contributed by atoms with Gasteiger partial charge in [-0.25, -0.2) is 0 Å². The fraction of sp³-hybridized carbons (Fsp3) is 0.200. The average molecular weight is 260 g/mol. The summed E-state index contributed by atoms with van der Waals surface area (Å²) in [6.07, 6.45) is 0.0549. The van der Waals surface area contributed by atoms with Crippen LogP contribution in [-0.4, -0.2) is 6.54 Å². The molecule has 18 heavy (non-hydrogen) atoms. The Morgan fingerprint density at radius 2 is 1.94 bits per heavy atom. The van der Waals surface area contributed by atoms with Crippen LogP contribution in [0, 0.1) is 6.92 Å². The molecule has 1 aliphatic heterocycles. The first-order chi connectivity index (χ1) is 8.72. The van der Waals surface area contributed by atoms with Crippen molar-refractivity contribution >= 4 is 17.3 Å². The molecule has 1 aliphatic rings. The van der Waals surface area contributed by atoms with Crippen molar-refractivity contribution < 1.29 is 4.74 Å². The highest BCUT2D eigenvalue weighted by Gasteiger charge is 2.20.